The van der Waals surface area contributed by atoms with Crippen molar-refractivity contribution in [2.75, 3.05) is 31.5 Å². The Kier molecular flexibility index (Phi) is 8.78. The van der Waals surface area contributed by atoms with Gasteiger partial charge in [0.25, 0.3) is 26.0 Å². The van der Waals surface area contributed by atoms with E-state index in [4.69, 9.17) is 4.74 Å². The second kappa shape index (κ2) is 11.8. The number of aliphatic hydroxyl groups is 1. The molecule has 2 heterocycles. The zero-order valence-electron chi connectivity index (χ0n) is 23.6. The van der Waals surface area contributed by atoms with Crippen molar-refractivity contribution in [1.82, 2.24) is 18.8 Å². The molecule has 1 aromatic heterocycles. The van der Waals surface area contributed by atoms with Crippen LogP contribution in [0.4, 0.5) is 5.69 Å². The molecular weight excluding hydrogens is 570 g/mol. The summed E-state index contributed by atoms with van der Waals surface area (Å²) < 4.78 is 64.6. The third-order valence-corrected chi connectivity index (χ3v) is 10.2. The molecule has 222 valence electrons. The highest BCUT2D eigenvalue weighted by Gasteiger charge is 2.37. The van der Waals surface area contributed by atoms with Gasteiger partial charge in [-0.1, -0.05) is 30.7 Å². The van der Waals surface area contributed by atoms with Gasteiger partial charge in [0, 0.05) is 32.8 Å². The smallest absolute Gasteiger partial charge is 0.262 e. The lowest BCUT2D eigenvalue weighted by Crippen LogP contribution is -2.50. The maximum absolute atomic E-state index is 13.7. The van der Waals surface area contributed by atoms with Gasteiger partial charge in [-0.25, -0.2) is 21.8 Å². The molecule has 0 radical (unpaired) electrons. The van der Waals surface area contributed by atoms with E-state index in [0.29, 0.717) is 0 Å². The molecule has 0 saturated heterocycles. The molecular formula is C27H35N5O7S2. The summed E-state index contributed by atoms with van der Waals surface area (Å²) in [7, 11) is -4.96. The highest BCUT2D eigenvalue weighted by molar-refractivity contribution is 7.92. The van der Waals surface area contributed by atoms with Crippen LogP contribution in [-0.2, 0) is 27.1 Å². The summed E-state index contributed by atoms with van der Waals surface area (Å²) in [5, 5.41) is 9.76. The van der Waals surface area contributed by atoms with E-state index >= 15 is 0 Å². The zero-order valence-corrected chi connectivity index (χ0v) is 25.2. The number of fused-ring (bicyclic) bond motifs is 1. The number of rotatable bonds is 9. The maximum Gasteiger partial charge on any atom is 0.262 e. The number of nitrogens with zero attached hydrogens (tertiary/aromatic N) is 4. The molecule has 14 heteroatoms. The van der Waals surface area contributed by atoms with Crippen LogP contribution in [0, 0.1) is 12.8 Å². The summed E-state index contributed by atoms with van der Waals surface area (Å²) in [5.74, 6) is -0.884. The molecule has 1 aliphatic heterocycles. The number of benzene rings is 2. The summed E-state index contributed by atoms with van der Waals surface area (Å²) >= 11 is 0. The van der Waals surface area contributed by atoms with Crippen molar-refractivity contribution in [3.63, 3.8) is 0 Å². The minimum atomic E-state index is -4.06. The minimum absolute atomic E-state index is 0.0245. The largest absolute Gasteiger partial charge is 0.486 e. The van der Waals surface area contributed by atoms with E-state index in [0.717, 1.165) is 9.87 Å². The number of amides is 1. The predicted molar refractivity (Wildman–Crippen MR) is 153 cm³/mol. The van der Waals surface area contributed by atoms with E-state index in [1.54, 1.807) is 33.0 Å². The standard InChI is InChI=1S/C27H35N5O7S2/c1-18-9-11-21(12-10-18)40(35,36)29-23-8-6-7-22-26(23)39-24(19(2)13-32(27(22)34)20(3)16-33)14-31(5)41(37,38)25-15-30(4)17-28-25/h6-12,15,17,19-20,24,29,33H,13-14,16H2,1-5H3/t19-,20-,24+/m0/s1. The second-order valence-corrected chi connectivity index (χ2v) is 14.1. The Bertz CT molecular complexity index is 1620. The number of anilines is 1. The molecule has 0 spiro atoms. The lowest BCUT2D eigenvalue weighted by molar-refractivity contribution is 0.0389. The van der Waals surface area contributed by atoms with E-state index in [-0.39, 0.29) is 46.6 Å². The number of aromatic nitrogens is 2. The van der Waals surface area contributed by atoms with Gasteiger partial charge < -0.3 is 19.3 Å². The van der Waals surface area contributed by atoms with Gasteiger partial charge in [0.1, 0.15) is 6.10 Å². The molecule has 0 fully saturated rings. The van der Waals surface area contributed by atoms with Crippen molar-refractivity contribution < 1.29 is 31.5 Å². The second-order valence-electron chi connectivity index (χ2n) is 10.4. The predicted octanol–water partition coefficient (Wildman–Crippen LogP) is 2.07. The fraction of sp³-hybridized carbons (Fsp3) is 0.407. The van der Waals surface area contributed by atoms with Crippen LogP contribution in [0.3, 0.4) is 0 Å². The molecule has 3 aromatic rings. The van der Waals surface area contributed by atoms with Crippen molar-refractivity contribution in [2.24, 2.45) is 13.0 Å². The third-order valence-electron chi connectivity index (χ3n) is 7.06. The number of imidazole rings is 1. The number of aliphatic hydroxyl groups excluding tert-OH is 1. The Morgan fingerprint density at radius 3 is 2.46 bits per heavy atom. The van der Waals surface area contributed by atoms with Gasteiger partial charge in [-0.3, -0.25) is 9.52 Å². The molecule has 0 aliphatic carbocycles. The first-order valence-corrected chi connectivity index (χ1v) is 15.9. The number of ether oxygens (including phenoxy) is 1. The van der Waals surface area contributed by atoms with Crippen LogP contribution in [0.2, 0.25) is 0 Å². The van der Waals surface area contributed by atoms with Crippen molar-refractivity contribution in [2.45, 2.75) is 42.8 Å². The van der Waals surface area contributed by atoms with Gasteiger partial charge >= 0.3 is 0 Å². The quantitative estimate of drug-likeness (QED) is 0.376. The summed E-state index contributed by atoms with van der Waals surface area (Å²) in [5.41, 5.74) is 1.01. The molecule has 0 unspecified atom stereocenters. The van der Waals surface area contributed by atoms with Crippen LogP contribution in [0.25, 0.3) is 0 Å². The molecule has 4 rings (SSSR count). The average molecular weight is 606 g/mol. The number of carbonyl (C=O) groups is 1. The molecule has 1 amide bonds. The number of aryl methyl sites for hydroxylation is 2. The number of para-hydroxylation sites is 1. The number of carbonyl (C=O) groups excluding carboxylic acids is 1. The molecule has 3 atom stereocenters. The number of hydrogen-bond acceptors (Lipinski definition) is 8. The monoisotopic (exact) mass is 605 g/mol. The number of hydrogen-bond donors (Lipinski definition) is 2. The molecule has 12 nitrogen and oxygen atoms in total. The van der Waals surface area contributed by atoms with Crippen LogP contribution in [0.1, 0.15) is 29.8 Å². The topological polar surface area (TPSA) is 151 Å². The highest BCUT2D eigenvalue weighted by Crippen LogP contribution is 2.36. The van der Waals surface area contributed by atoms with Crippen molar-refractivity contribution in [3.8, 4) is 5.75 Å². The maximum atomic E-state index is 13.7. The number of nitrogens with one attached hydrogen (secondary N) is 1. The zero-order chi connectivity index (χ0) is 30.1. The Balaban J connectivity index is 1.76. The van der Waals surface area contributed by atoms with Crippen LogP contribution in [0.5, 0.6) is 5.75 Å². The number of likely N-dealkylation sites (N-methyl/N-ethyl adjacent to an activating group) is 1. The molecule has 1 aliphatic rings. The van der Waals surface area contributed by atoms with Gasteiger partial charge in [0.05, 0.1) is 41.7 Å². The lowest BCUT2D eigenvalue weighted by Gasteiger charge is -2.38. The van der Waals surface area contributed by atoms with E-state index < -0.39 is 44.0 Å². The van der Waals surface area contributed by atoms with Gasteiger partial charge in [0.15, 0.2) is 10.8 Å². The molecule has 0 bridgehead atoms. The first-order valence-electron chi connectivity index (χ1n) is 13.0. The van der Waals surface area contributed by atoms with Gasteiger partial charge in [-0.15, -0.1) is 0 Å². The van der Waals surface area contributed by atoms with E-state index in [1.165, 1.54) is 59.4 Å². The average Bonchev–Trinajstić information content (AvgIpc) is 3.37. The van der Waals surface area contributed by atoms with E-state index in [2.05, 4.69) is 9.71 Å². The molecule has 2 N–H and O–H groups in total. The molecule has 0 saturated carbocycles. The van der Waals surface area contributed by atoms with Crippen LogP contribution in [-0.4, -0.2) is 85.5 Å². The normalized spacial score (nSPS) is 18.8. The minimum Gasteiger partial charge on any atom is -0.486 e. The van der Waals surface area contributed by atoms with E-state index in [9.17, 15) is 26.7 Å². The van der Waals surface area contributed by atoms with Gasteiger partial charge in [-0.2, -0.15) is 4.31 Å². The first-order chi connectivity index (χ1) is 19.2. The fourth-order valence-electron chi connectivity index (χ4n) is 4.50. The lowest BCUT2D eigenvalue weighted by atomic mass is 9.99. The number of sulfonamides is 2. The van der Waals surface area contributed by atoms with Crippen LogP contribution in [0.15, 0.2) is 64.9 Å². The van der Waals surface area contributed by atoms with Gasteiger partial charge in [-0.05, 0) is 38.1 Å². The Morgan fingerprint density at radius 2 is 1.85 bits per heavy atom. The summed E-state index contributed by atoms with van der Waals surface area (Å²) in [6.07, 6.45) is 1.98. The SMILES string of the molecule is Cc1ccc(S(=O)(=O)Nc2cccc3c2O[C@H](CN(C)S(=O)(=O)c2cn(C)cn2)[C@@H](C)CN([C@@H](C)CO)C3=O)cc1. The van der Waals surface area contributed by atoms with Gasteiger partial charge in [0.2, 0.25) is 0 Å². The first kappa shape index (κ1) is 30.5. The highest BCUT2D eigenvalue weighted by atomic mass is 32.2. The Labute approximate surface area is 240 Å². The Morgan fingerprint density at radius 1 is 1.17 bits per heavy atom. The van der Waals surface area contributed by atoms with Crippen molar-refractivity contribution >= 4 is 31.6 Å². The summed E-state index contributed by atoms with van der Waals surface area (Å²) in [4.78, 5) is 19.2. The summed E-state index contributed by atoms with van der Waals surface area (Å²) in [6.45, 7) is 5.10. The van der Waals surface area contributed by atoms with Crippen molar-refractivity contribution in [1.29, 1.82) is 0 Å². The van der Waals surface area contributed by atoms with Crippen molar-refractivity contribution in [3.05, 3.63) is 66.1 Å². The molecule has 2 aromatic carbocycles. The fourth-order valence-corrected chi connectivity index (χ4v) is 6.70. The van der Waals surface area contributed by atoms with Crippen LogP contribution < -0.4 is 9.46 Å². The summed E-state index contributed by atoms with van der Waals surface area (Å²) in [6, 6.07) is 10.3. The molecule has 41 heavy (non-hydrogen) atoms. The third kappa shape index (κ3) is 6.40. The van der Waals surface area contributed by atoms with E-state index in [1.807, 2.05) is 6.92 Å². The van der Waals surface area contributed by atoms with Crippen LogP contribution >= 0.6 is 0 Å². The Hall–Kier alpha value is -3.46.